The number of benzene rings is 3. The van der Waals surface area contributed by atoms with Crippen LogP contribution in [-0.2, 0) is 14.9 Å². The SMILES string of the molecule is COc1ccc2c(c1)[C@]1(C[C@H]1c1ccc3c(/C=C/c4ccc(N5CCOCC5)cc4)n[nH]c3c1)C(=O)N2. The number of hydrogen-bond donors (Lipinski definition) is 2. The summed E-state index contributed by atoms with van der Waals surface area (Å²) in [4.78, 5) is 15.4. The first kappa shape index (κ1) is 22.1. The maximum absolute atomic E-state index is 13.0. The molecular formula is C30H28N4O3. The maximum Gasteiger partial charge on any atom is 0.235 e. The Morgan fingerprint density at radius 1 is 1.05 bits per heavy atom. The molecule has 4 aromatic rings. The molecule has 186 valence electrons. The topological polar surface area (TPSA) is 79.5 Å². The average Bonchev–Trinajstić information content (AvgIpc) is 3.49. The van der Waals surface area contributed by atoms with E-state index >= 15 is 0 Å². The summed E-state index contributed by atoms with van der Waals surface area (Å²) in [6.07, 6.45) is 4.94. The van der Waals surface area contributed by atoms with E-state index in [1.807, 2.05) is 24.3 Å². The quantitative estimate of drug-likeness (QED) is 0.412. The predicted octanol–water partition coefficient (Wildman–Crippen LogP) is 4.96. The highest BCUT2D eigenvalue weighted by Gasteiger charge is 2.65. The van der Waals surface area contributed by atoms with Gasteiger partial charge in [-0.3, -0.25) is 9.89 Å². The van der Waals surface area contributed by atoms with E-state index < -0.39 is 5.41 Å². The van der Waals surface area contributed by atoms with Crippen LogP contribution in [0.2, 0.25) is 0 Å². The monoisotopic (exact) mass is 492 g/mol. The lowest BCUT2D eigenvalue weighted by Crippen LogP contribution is -2.36. The van der Waals surface area contributed by atoms with Crippen molar-refractivity contribution >= 4 is 40.3 Å². The summed E-state index contributed by atoms with van der Waals surface area (Å²) in [7, 11) is 1.65. The summed E-state index contributed by atoms with van der Waals surface area (Å²) in [6.45, 7) is 3.44. The second kappa shape index (κ2) is 8.49. The number of H-pyrrole nitrogens is 1. The van der Waals surface area contributed by atoms with Gasteiger partial charge in [-0.1, -0.05) is 30.3 Å². The molecule has 1 spiro atoms. The normalized spacial score (nSPS) is 22.6. The predicted molar refractivity (Wildman–Crippen MR) is 145 cm³/mol. The Labute approximate surface area is 215 Å². The Kier molecular flexibility index (Phi) is 5.08. The van der Waals surface area contributed by atoms with Gasteiger partial charge in [-0.25, -0.2) is 0 Å². The Balaban J connectivity index is 1.11. The van der Waals surface area contributed by atoms with Gasteiger partial charge < -0.3 is 19.7 Å². The fourth-order valence-electron chi connectivity index (χ4n) is 5.89. The molecule has 1 aromatic heterocycles. The van der Waals surface area contributed by atoms with Gasteiger partial charge in [0.05, 0.1) is 36.9 Å². The van der Waals surface area contributed by atoms with Crippen molar-refractivity contribution in [1.29, 1.82) is 0 Å². The number of fused-ring (bicyclic) bond motifs is 3. The van der Waals surface area contributed by atoms with Crippen LogP contribution >= 0.6 is 0 Å². The molecule has 3 heterocycles. The molecule has 0 radical (unpaired) electrons. The molecular weight excluding hydrogens is 464 g/mol. The summed E-state index contributed by atoms with van der Waals surface area (Å²) >= 11 is 0. The molecule has 3 aromatic carbocycles. The average molecular weight is 493 g/mol. The zero-order chi connectivity index (χ0) is 25.0. The molecule has 2 N–H and O–H groups in total. The number of hydrogen-bond acceptors (Lipinski definition) is 5. The fourth-order valence-corrected chi connectivity index (χ4v) is 5.89. The Bertz CT molecular complexity index is 1530. The Morgan fingerprint density at radius 2 is 1.89 bits per heavy atom. The lowest BCUT2D eigenvalue weighted by molar-refractivity contribution is -0.118. The van der Waals surface area contributed by atoms with Crippen molar-refractivity contribution in [2.75, 3.05) is 43.6 Å². The number of carbonyl (C=O) groups excluding carboxylic acids is 1. The minimum Gasteiger partial charge on any atom is -0.497 e. The molecule has 1 saturated carbocycles. The highest BCUT2D eigenvalue weighted by Crippen LogP contribution is 2.65. The minimum absolute atomic E-state index is 0.0775. The molecule has 1 aliphatic carbocycles. The van der Waals surface area contributed by atoms with Crippen molar-refractivity contribution in [2.45, 2.75) is 17.8 Å². The molecule has 3 aliphatic rings. The number of aromatic amines is 1. The number of nitrogens with zero attached hydrogens (tertiary/aromatic N) is 2. The summed E-state index contributed by atoms with van der Waals surface area (Å²) in [5, 5.41) is 11.9. The molecule has 7 heteroatoms. The van der Waals surface area contributed by atoms with Crippen LogP contribution in [-0.4, -0.2) is 49.5 Å². The first-order valence-electron chi connectivity index (χ1n) is 12.7. The van der Waals surface area contributed by atoms with Crippen molar-refractivity contribution in [2.24, 2.45) is 0 Å². The second-order valence-corrected chi connectivity index (χ2v) is 10.0. The van der Waals surface area contributed by atoms with E-state index in [9.17, 15) is 4.79 Å². The van der Waals surface area contributed by atoms with Gasteiger partial charge in [0.25, 0.3) is 0 Å². The van der Waals surface area contributed by atoms with Crippen molar-refractivity contribution in [3.63, 3.8) is 0 Å². The Hall–Kier alpha value is -4.10. The molecule has 0 bridgehead atoms. The van der Waals surface area contributed by atoms with E-state index in [2.05, 4.69) is 69.0 Å². The third-order valence-electron chi connectivity index (χ3n) is 8.04. The maximum atomic E-state index is 13.0. The number of rotatable bonds is 5. The zero-order valence-electron chi connectivity index (χ0n) is 20.7. The number of amides is 1. The van der Waals surface area contributed by atoms with Gasteiger partial charge in [0.15, 0.2) is 0 Å². The third-order valence-corrected chi connectivity index (χ3v) is 8.04. The molecule has 2 atom stereocenters. The van der Waals surface area contributed by atoms with Crippen LogP contribution in [0, 0.1) is 0 Å². The molecule has 1 amide bonds. The summed E-state index contributed by atoms with van der Waals surface area (Å²) in [5.41, 5.74) is 6.81. The highest BCUT2D eigenvalue weighted by atomic mass is 16.5. The highest BCUT2D eigenvalue weighted by molar-refractivity contribution is 6.10. The van der Waals surface area contributed by atoms with Crippen LogP contribution in [0.5, 0.6) is 5.75 Å². The van der Waals surface area contributed by atoms with Gasteiger partial charge >= 0.3 is 0 Å². The van der Waals surface area contributed by atoms with Gasteiger partial charge in [0.1, 0.15) is 5.75 Å². The van der Waals surface area contributed by atoms with Crippen LogP contribution in [0.15, 0.2) is 60.7 Å². The summed E-state index contributed by atoms with van der Waals surface area (Å²) < 4.78 is 10.9. The first-order valence-corrected chi connectivity index (χ1v) is 12.7. The lowest BCUT2D eigenvalue weighted by Gasteiger charge is -2.28. The zero-order valence-corrected chi connectivity index (χ0v) is 20.7. The first-order chi connectivity index (χ1) is 18.2. The van der Waals surface area contributed by atoms with Gasteiger partial charge in [-0.05, 0) is 65.6 Å². The largest absolute Gasteiger partial charge is 0.497 e. The molecule has 2 fully saturated rings. The van der Waals surface area contributed by atoms with Crippen molar-refractivity contribution in [1.82, 2.24) is 10.2 Å². The number of ether oxygens (including phenoxy) is 2. The number of carbonyl (C=O) groups is 1. The molecule has 2 aliphatic heterocycles. The third kappa shape index (κ3) is 3.61. The molecule has 7 rings (SSSR count). The van der Waals surface area contributed by atoms with Gasteiger partial charge in [-0.15, -0.1) is 0 Å². The van der Waals surface area contributed by atoms with Crippen LogP contribution in [0.4, 0.5) is 11.4 Å². The number of methoxy groups -OCH3 is 1. The van der Waals surface area contributed by atoms with E-state index in [0.29, 0.717) is 0 Å². The van der Waals surface area contributed by atoms with Crippen LogP contribution in [0.1, 0.15) is 34.7 Å². The standard InChI is InChI=1S/C30H28N4O3/c1-36-22-8-11-27-24(17-22)30(29(35)31-27)18-25(30)20-5-9-23-26(32-33-28(23)16-20)10-4-19-2-6-21(7-3-19)34-12-14-37-15-13-34/h2-11,16-17,25H,12-15,18H2,1H3,(H,31,35)(H,32,33)/b10-4+/t25-,30-/m0/s1. The van der Waals surface area contributed by atoms with E-state index in [4.69, 9.17) is 9.47 Å². The smallest absolute Gasteiger partial charge is 0.235 e. The second-order valence-electron chi connectivity index (χ2n) is 10.0. The summed E-state index contributed by atoms with van der Waals surface area (Å²) in [5.74, 6) is 0.989. The number of anilines is 2. The van der Waals surface area contributed by atoms with Crippen LogP contribution in [0.25, 0.3) is 23.1 Å². The van der Waals surface area contributed by atoms with E-state index in [0.717, 1.165) is 77.4 Å². The summed E-state index contributed by atoms with van der Waals surface area (Å²) in [6, 6.07) is 20.8. The van der Waals surface area contributed by atoms with Crippen LogP contribution < -0.4 is 15.0 Å². The van der Waals surface area contributed by atoms with Gasteiger partial charge in [0, 0.05) is 35.8 Å². The van der Waals surface area contributed by atoms with Crippen molar-refractivity contribution in [3.8, 4) is 5.75 Å². The van der Waals surface area contributed by atoms with Crippen molar-refractivity contribution < 1.29 is 14.3 Å². The molecule has 1 saturated heterocycles. The van der Waals surface area contributed by atoms with Gasteiger partial charge in [-0.2, -0.15) is 5.10 Å². The number of morpholine rings is 1. The molecule has 7 nitrogen and oxygen atoms in total. The Morgan fingerprint density at radius 3 is 2.70 bits per heavy atom. The fraction of sp³-hybridized carbons (Fsp3) is 0.267. The number of aromatic nitrogens is 2. The lowest BCUT2D eigenvalue weighted by atomic mass is 9.91. The van der Waals surface area contributed by atoms with Crippen molar-refractivity contribution in [3.05, 3.63) is 83.0 Å². The van der Waals surface area contributed by atoms with Gasteiger partial charge in [0.2, 0.25) is 5.91 Å². The molecule has 0 unspecified atom stereocenters. The number of nitrogens with one attached hydrogen (secondary N) is 2. The van der Waals surface area contributed by atoms with E-state index in [1.54, 1.807) is 7.11 Å². The minimum atomic E-state index is -0.506. The van der Waals surface area contributed by atoms with E-state index in [-0.39, 0.29) is 11.8 Å². The van der Waals surface area contributed by atoms with Crippen LogP contribution in [0.3, 0.4) is 0 Å². The molecule has 37 heavy (non-hydrogen) atoms. The van der Waals surface area contributed by atoms with E-state index in [1.165, 1.54) is 5.69 Å².